The fourth-order valence-electron chi connectivity index (χ4n) is 5.28. The summed E-state index contributed by atoms with van der Waals surface area (Å²) in [7, 11) is 3.39. The van der Waals surface area contributed by atoms with Gasteiger partial charge in [-0.05, 0) is 81.6 Å². The van der Waals surface area contributed by atoms with Crippen molar-refractivity contribution in [3.8, 4) is 5.75 Å². The molecule has 2 aromatic carbocycles. The number of anilines is 2. The van der Waals surface area contributed by atoms with E-state index < -0.39 is 11.2 Å². The predicted octanol–water partition coefficient (Wildman–Crippen LogP) is 5.68. The number of fused-ring (bicyclic) bond motifs is 1. The fourth-order valence-corrected chi connectivity index (χ4v) is 5.28. The van der Waals surface area contributed by atoms with E-state index in [1.165, 1.54) is 23.1 Å². The highest BCUT2D eigenvalue weighted by Gasteiger charge is 2.45. The van der Waals surface area contributed by atoms with E-state index in [-0.39, 0.29) is 48.6 Å². The van der Waals surface area contributed by atoms with E-state index in [1.807, 2.05) is 37.3 Å². The molecule has 45 heavy (non-hydrogen) atoms. The third kappa shape index (κ3) is 8.71. The maximum absolute atomic E-state index is 13.6. The number of carbonyl (C=O) groups is 3. The quantitative estimate of drug-likeness (QED) is 0.198. The van der Waals surface area contributed by atoms with Crippen LogP contribution in [0.5, 0.6) is 5.75 Å². The molecule has 3 aromatic rings. The molecule has 0 fully saturated rings. The molecule has 244 valence electrons. The number of ether oxygens (including phenoxy) is 1. The molecule has 3 amide bonds. The number of pyridine rings is 1. The Labute approximate surface area is 276 Å². The number of nitrogens with zero attached hydrogens (tertiary/aromatic N) is 4. The van der Waals surface area contributed by atoms with Gasteiger partial charge >= 0.3 is 0 Å². The van der Waals surface area contributed by atoms with E-state index in [4.69, 9.17) is 4.74 Å². The molecular weight excluding hydrogens is 620 g/mol. The Morgan fingerprint density at radius 2 is 1.76 bits per heavy atom. The van der Waals surface area contributed by atoms with Crippen molar-refractivity contribution < 1.29 is 23.5 Å². The van der Waals surface area contributed by atoms with Gasteiger partial charge in [-0.15, -0.1) is 24.8 Å². The molecule has 12 heteroatoms. The summed E-state index contributed by atoms with van der Waals surface area (Å²) in [5.74, 6) is -0.545. The van der Waals surface area contributed by atoms with Gasteiger partial charge in [0.15, 0.2) is 0 Å². The second-order valence-corrected chi connectivity index (χ2v) is 11.2. The molecule has 0 saturated carbocycles. The Bertz CT molecular complexity index is 1460. The zero-order valence-electron chi connectivity index (χ0n) is 26.3. The first-order valence-electron chi connectivity index (χ1n) is 14.6. The summed E-state index contributed by atoms with van der Waals surface area (Å²) in [6.07, 6.45) is 5.00. The van der Waals surface area contributed by atoms with Crippen molar-refractivity contribution in [2.75, 3.05) is 50.1 Å². The first-order valence-corrected chi connectivity index (χ1v) is 14.6. The lowest BCUT2D eigenvalue weighted by Gasteiger charge is -2.27. The second kappa shape index (κ2) is 16.5. The van der Waals surface area contributed by atoms with Gasteiger partial charge in [0.25, 0.3) is 5.91 Å². The number of rotatable bonds is 12. The molecule has 0 spiro atoms. The minimum atomic E-state index is -1.17. The molecular formula is C33H42Cl2FN5O4. The molecule has 1 N–H and O–H groups in total. The summed E-state index contributed by atoms with van der Waals surface area (Å²) in [6, 6.07) is 15.1. The van der Waals surface area contributed by atoms with Gasteiger partial charge in [0, 0.05) is 63.8 Å². The van der Waals surface area contributed by atoms with Crippen LogP contribution in [0.15, 0.2) is 67.0 Å². The maximum atomic E-state index is 13.6. The van der Waals surface area contributed by atoms with Crippen LogP contribution in [0.2, 0.25) is 0 Å². The zero-order chi connectivity index (χ0) is 31.1. The molecule has 2 heterocycles. The Kier molecular flexibility index (Phi) is 13.8. The van der Waals surface area contributed by atoms with Crippen molar-refractivity contribution in [3.05, 3.63) is 83.9 Å². The van der Waals surface area contributed by atoms with Gasteiger partial charge in [-0.2, -0.15) is 0 Å². The van der Waals surface area contributed by atoms with Crippen LogP contribution < -0.4 is 19.9 Å². The van der Waals surface area contributed by atoms with Crippen molar-refractivity contribution in [1.29, 1.82) is 0 Å². The van der Waals surface area contributed by atoms with Crippen LogP contribution in [0.1, 0.15) is 55.6 Å². The topological polar surface area (TPSA) is 95.1 Å². The van der Waals surface area contributed by atoms with Gasteiger partial charge in [-0.3, -0.25) is 19.4 Å². The lowest BCUT2D eigenvalue weighted by Crippen LogP contribution is -2.47. The van der Waals surface area contributed by atoms with Crippen molar-refractivity contribution in [1.82, 2.24) is 15.2 Å². The third-order valence-corrected chi connectivity index (χ3v) is 7.80. The number of hydrogen-bond acceptors (Lipinski definition) is 6. The average Bonchev–Trinajstić information content (AvgIpc) is 3.06. The van der Waals surface area contributed by atoms with E-state index in [0.717, 1.165) is 18.4 Å². The van der Waals surface area contributed by atoms with Gasteiger partial charge in [0.05, 0.1) is 18.0 Å². The minimum Gasteiger partial charge on any atom is -0.494 e. The van der Waals surface area contributed by atoms with Crippen molar-refractivity contribution in [2.45, 2.75) is 39.7 Å². The maximum Gasteiger partial charge on any atom is 0.253 e. The number of likely N-dealkylation sites (N-methyl/N-ethyl adjacent to an activating group) is 1. The van der Waals surface area contributed by atoms with Crippen LogP contribution in [0.4, 0.5) is 15.8 Å². The number of halogens is 3. The summed E-state index contributed by atoms with van der Waals surface area (Å²) in [5.41, 5.74) is 1.55. The van der Waals surface area contributed by atoms with Crippen molar-refractivity contribution in [3.63, 3.8) is 0 Å². The molecule has 4 rings (SSSR count). The Morgan fingerprint density at radius 1 is 1.04 bits per heavy atom. The van der Waals surface area contributed by atoms with Crippen LogP contribution in [0, 0.1) is 11.2 Å². The van der Waals surface area contributed by atoms with Crippen LogP contribution in [-0.4, -0.2) is 67.9 Å². The molecule has 0 radical (unpaired) electrons. The van der Waals surface area contributed by atoms with Gasteiger partial charge in [-0.1, -0.05) is 6.07 Å². The normalized spacial score (nSPS) is 14.4. The summed E-state index contributed by atoms with van der Waals surface area (Å²) < 4.78 is 19.7. The molecule has 9 nitrogen and oxygen atoms in total. The zero-order valence-corrected chi connectivity index (χ0v) is 27.9. The highest BCUT2D eigenvalue weighted by molar-refractivity contribution is 6.20. The molecule has 1 aromatic heterocycles. The van der Waals surface area contributed by atoms with Gasteiger partial charge in [0.2, 0.25) is 11.8 Å². The number of carbonyl (C=O) groups excluding carboxylic acids is 3. The van der Waals surface area contributed by atoms with E-state index >= 15 is 0 Å². The summed E-state index contributed by atoms with van der Waals surface area (Å²) in [6.45, 7) is 7.10. The van der Waals surface area contributed by atoms with E-state index in [1.54, 1.807) is 56.2 Å². The second-order valence-electron chi connectivity index (χ2n) is 11.2. The van der Waals surface area contributed by atoms with E-state index in [2.05, 4.69) is 10.3 Å². The van der Waals surface area contributed by atoms with Gasteiger partial charge < -0.3 is 24.8 Å². The van der Waals surface area contributed by atoms with E-state index in [9.17, 15) is 18.8 Å². The minimum absolute atomic E-state index is 0. The SMILES string of the molecule is CCN1C(=O)C(C)(C)C(=O)N(C)c2cc(OCCCC(NCCN(C)C(=O)c3cccc(F)c3)c3ccncc3)ccc21.Cl.Cl. The number of nitrogens with one attached hydrogen (secondary N) is 1. The lowest BCUT2D eigenvalue weighted by atomic mass is 9.90. The number of aromatic nitrogens is 1. The predicted molar refractivity (Wildman–Crippen MR) is 179 cm³/mol. The molecule has 0 saturated heterocycles. The Balaban J connectivity index is 0.00000353. The Morgan fingerprint density at radius 3 is 2.42 bits per heavy atom. The van der Waals surface area contributed by atoms with E-state index in [0.29, 0.717) is 48.9 Å². The smallest absolute Gasteiger partial charge is 0.253 e. The first-order chi connectivity index (χ1) is 20.5. The number of hydrogen-bond donors (Lipinski definition) is 1. The van der Waals surface area contributed by atoms with Crippen molar-refractivity contribution >= 4 is 53.9 Å². The lowest BCUT2D eigenvalue weighted by molar-refractivity contribution is -0.137. The monoisotopic (exact) mass is 661 g/mol. The van der Waals surface area contributed by atoms with Crippen LogP contribution in [0.25, 0.3) is 0 Å². The highest BCUT2D eigenvalue weighted by Crippen LogP contribution is 2.40. The summed E-state index contributed by atoms with van der Waals surface area (Å²) in [5, 5.41) is 3.53. The molecule has 0 aliphatic carbocycles. The fraction of sp³-hybridized carbons (Fsp3) is 0.394. The van der Waals surface area contributed by atoms with Gasteiger partial charge in [-0.25, -0.2) is 4.39 Å². The third-order valence-electron chi connectivity index (χ3n) is 7.80. The summed E-state index contributed by atoms with van der Waals surface area (Å²) in [4.78, 5) is 47.8. The largest absolute Gasteiger partial charge is 0.494 e. The molecule has 1 aliphatic rings. The first kappa shape index (κ1) is 37.5. The Hall–Kier alpha value is -3.73. The average molecular weight is 663 g/mol. The number of amides is 3. The molecule has 0 bridgehead atoms. The number of benzene rings is 2. The standard InChI is InChI=1S/C33H40FN5O4.2ClH/c1-6-39-28-13-12-26(22-29(28)38(5)31(41)33(2,3)32(39)42)43-20-8-11-27(23-14-16-35-17-15-23)36-18-19-37(4)30(40)24-9-7-10-25(34)21-24;;/h7,9-10,12-17,21-22,27,36H,6,8,11,18-20H2,1-5H3;2*1H. The molecule has 1 atom stereocenters. The van der Waals surface area contributed by atoms with Crippen LogP contribution in [-0.2, 0) is 9.59 Å². The van der Waals surface area contributed by atoms with Crippen LogP contribution >= 0.6 is 24.8 Å². The molecule has 1 unspecified atom stereocenters. The summed E-state index contributed by atoms with van der Waals surface area (Å²) >= 11 is 0. The van der Waals surface area contributed by atoms with Gasteiger partial charge in [0.1, 0.15) is 17.0 Å². The van der Waals surface area contributed by atoms with Crippen molar-refractivity contribution in [2.24, 2.45) is 5.41 Å². The highest BCUT2D eigenvalue weighted by atomic mass is 35.5. The molecule has 1 aliphatic heterocycles. The van der Waals surface area contributed by atoms with Crippen LogP contribution in [0.3, 0.4) is 0 Å².